The van der Waals surface area contributed by atoms with Crippen LogP contribution in [0.1, 0.15) is 0 Å². The largest absolute Gasteiger partial charge is 3.00 e. The fourth-order valence-corrected chi connectivity index (χ4v) is 0. The SMILES string of the molecule is [Ho+3].[O-2].[O-2].[O-2].[Tb+3]. The predicted molar refractivity (Wildman–Crippen MR) is 2.06 cm³/mol. The molecule has 38 valence electrons. The van der Waals surface area contributed by atoms with Gasteiger partial charge < -0.3 is 16.4 Å². The van der Waals surface area contributed by atoms with Crippen molar-refractivity contribution in [3.63, 3.8) is 0 Å². The van der Waals surface area contributed by atoms with Crippen LogP contribution in [-0.4, -0.2) is 0 Å². The van der Waals surface area contributed by atoms with Crippen molar-refractivity contribution in [3.05, 3.63) is 0 Å². The summed E-state index contributed by atoms with van der Waals surface area (Å²) >= 11 is 0. The molecule has 0 amide bonds. The van der Waals surface area contributed by atoms with Gasteiger partial charge in [-0.1, -0.05) is 0 Å². The van der Waals surface area contributed by atoms with E-state index in [4.69, 9.17) is 0 Å². The minimum absolute atomic E-state index is 0. The topological polar surface area (TPSA) is 85.5 Å². The van der Waals surface area contributed by atoms with Gasteiger partial charge in [-0.2, -0.15) is 0 Å². The van der Waals surface area contributed by atoms with E-state index in [2.05, 4.69) is 0 Å². The molecule has 0 N–H and O–H groups in total. The molecule has 0 aliphatic heterocycles. The summed E-state index contributed by atoms with van der Waals surface area (Å²) in [4.78, 5) is 0. The Kier molecular flexibility index (Phi) is 335. The van der Waals surface area contributed by atoms with Crippen molar-refractivity contribution in [1.82, 2.24) is 0 Å². The quantitative estimate of drug-likeness (QED) is 0.521. The zero-order chi connectivity index (χ0) is 0. The van der Waals surface area contributed by atoms with Crippen LogP contribution in [0.2, 0.25) is 0 Å². The third-order valence-corrected chi connectivity index (χ3v) is 0. The second kappa shape index (κ2) is 32.2. The molecule has 0 saturated heterocycles. The maximum Gasteiger partial charge on any atom is 3.00 e. The van der Waals surface area contributed by atoms with Crippen molar-refractivity contribution in [2.75, 3.05) is 0 Å². The number of rotatable bonds is 0. The van der Waals surface area contributed by atoms with Crippen molar-refractivity contribution in [1.29, 1.82) is 0 Å². The molecule has 0 rings (SSSR count). The maximum absolute atomic E-state index is 0. The summed E-state index contributed by atoms with van der Waals surface area (Å²) in [5, 5.41) is 0. The Labute approximate surface area is 90.9 Å². The van der Waals surface area contributed by atoms with E-state index in [1.807, 2.05) is 0 Å². The van der Waals surface area contributed by atoms with Gasteiger partial charge in [0.2, 0.25) is 0 Å². The first-order chi connectivity index (χ1) is 0. The third-order valence-electron chi connectivity index (χ3n) is 0. The molecule has 0 bridgehead atoms. The first-order valence-electron chi connectivity index (χ1n) is 0. The Morgan fingerprint density at radius 2 is 0.600 bits per heavy atom. The fraction of sp³-hybridized carbons (Fsp3) is 0. The molecule has 0 aromatic rings. The van der Waals surface area contributed by atoms with Crippen LogP contribution in [0.3, 0.4) is 0 Å². The van der Waals surface area contributed by atoms with Crippen molar-refractivity contribution < 1.29 is 92.8 Å². The predicted octanol–water partition coefficient (Wildman–Crippen LogP) is -0.356. The molecular formula is HoO3Tb. The standard InChI is InChI=1S/Ho.3O.Tb/q+3;3*-2;+3. The molecule has 0 unspecified atom stereocenters. The second-order valence-electron chi connectivity index (χ2n) is 0. The summed E-state index contributed by atoms with van der Waals surface area (Å²) in [6.45, 7) is 0. The first-order valence-corrected chi connectivity index (χ1v) is 0. The first kappa shape index (κ1) is 52.1. The van der Waals surface area contributed by atoms with E-state index >= 15 is 0 Å². The summed E-state index contributed by atoms with van der Waals surface area (Å²) in [7, 11) is 0. The van der Waals surface area contributed by atoms with Gasteiger partial charge in [0.1, 0.15) is 0 Å². The normalized spacial score (nSPS) is 0. The van der Waals surface area contributed by atoms with E-state index in [9.17, 15) is 0 Å². The van der Waals surface area contributed by atoms with Crippen LogP contribution in [0.5, 0.6) is 0 Å². The average Bonchev–Trinajstić information content (AvgIpc) is 0. The number of hydrogen-bond acceptors (Lipinski definition) is 0. The molecule has 0 aliphatic rings. The molecule has 0 spiro atoms. The molecule has 0 saturated carbocycles. The molecular weight excluding hydrogens is 372 g/mol. The third kappa shape index (κ3) is 21.4. The van der Waals surface area contributed by atoms with Crippen LogP contribution in [-0.2, 0) is 16.4 Å². The van der Waals surface area contributed by atoms with Crippen LogP contribution in [0.25, 0.3) is 0 Å². The summed E-state index contributed by atoms with van der Waals surface area (Å²) in [5.41, 5.74) is 0. The molecule has 0 heterocycles. The van der Waals surface area contributed by atoms with Gasteiger partial charge in [-0.3, -0.25) is 0 Å². The van der Waals surface area contributed by atoms with Gasteiger partial charge in [0.15, 0.2) is 0 Å². The van der Waals surface area contributed by atoms with Crippen LogP contribution >= 0.6 is 0 Å². The van der Waals surface area contributed by atoms with Crippen molar-refractivity contribution in [2.24, 2.45) is 0 Å². The molecule has 5 heteroatoms. The summed E-state index contributed by atoms with van der Waals surface area (Å²) in [6.07, 6.45) is 0. The Hall–Kier alpha value is 2.43. The molecule has 0 aromatic carbocycles. The Balaban J connectivity index is 0. The zero-order valence-electron chi connectivity index (χ0n) is 1.86. The van der Waals surface area contributed by atoms with Crippen molar-refractivity contribution >= 4 is 0 Å². The van der Waals surface area contributed by atoms with Crippen LogP contribution in [0.15, 0.2) is 0 Å². The molecule has 3 nitrogen and oxygen atoms in total. The van der Waals surface area contributed by atoms with Crippen molar-refractivity contribution in [2.45, 2.75) is 0 Å². The van der Waals surface area contributed by atoms with E-state index in [0.717, 1.165) is 0 Å². The molecule has 5 heavy (non-hydrogen) atoms. The smallest absolute Gasteiger partial charge is 2.00 e. The van der Waals surface area contributed by atoms with Crippen LogP contribution in [0.4, 0.5) is 0 Å². The Morgan fingerprint density at radius 3 is 0.600 bits per heavy atom. The van der Waals surface area contributed by atoms with Gasteiger partial charge >= 0.3 is 76.3 Å². The van der Waals surface area contributed by atoms with E-state index in [0.29, 0.717) is 0 Å². The Morgan fingerprint density at radius 1 is 0.600 bits per heavy atom. The molecule has 0 aromatic heterocycles. The minimum Gasteiger partial charge on any atom is -2.00 e. The summed E-state index contributed by atoms with van der Waals surface area (Å²) < 4.78 is 0. The molecule has 0 fully saturated rings. The van der Waals surface area contributed by atoms with Gasteiger partial charge in [0, 0.05) is 0 Å². The molecule has 0 aliphatic carbocycles. The van der Waals surface area contributed by atoms with E-state index < -0.39 is 0 Å². The minimum atomic E-state index is 0. The van der Waals surface area contributed by atoms with Gasteiger partial charge in [-0.15, -0.1) is 0 Å². The summed E-state index contributed by atoms with van der Waals surface area (Å²) in [6, 6.07) is 0. The summed E-state index contributed by atoms with van der Waals surface area (Å²) in [5.74, 6) is 0. The van der Waals surface area contributed by atoms with Gasteiger partial charge in [0.05, 0.1) is 0 Å². The maximum atomic E-state index is 0. The van der Waals surface area contributed by atoms with Gasteiger partial charge in [-0.05, 0) is 0 Å². The van der Waals surface area contributed by atoms with Crippen LogP contribution in [0, 0.1) is 76.3 Å². The zero-order valence-corrected chi connectivity index (χ0v) is 5.93. The number of hydrogen-bond donors (Lipinski definition) is 0. The van der Waals surface area contributed by atoms with E-state index in [1.165, 1.54) is 0 Å². The van der Waals surface area contributed by atoms with E-state index in [-0.39, 0.29) is 92.8 Å². The fourth-order valence-electron chi connectivity index (χ4n) is 0. The van der Waals surface area contributed by atoms with Gasteiger partial charge in [0.25, 0.3) is 0 Å². The molecule has 0 radical (unpaired) electrons. The van der Waals surface area contributed by atoms with Crippen molar-refractivity contribution in [3.8, 4) is 0 Å². The average molecular weight is 372 g/mol. The Bertz CT molecular complexity index is 6.85. The second-order valence-corrected chi connectivity index (χ2v) is 0. The van der Waals surface area contributed by atoms with Gasteiger partial charge in [-0.25, -0.2) is 0 Å². The monoisotopic (exact) mass is 372 g/mol. The van der Waals surface area contributed by atoms with E-state index in [1.54, 1.807) is 0 Å². The molecule has 0 atom stereocenters. The van der Waals surface area contributed by atoms with Crippen LogP contribution < -0.4 is 0 Å².